The highest BCUT2D eigenvalue weighted by Crippen LogP contribution is 2.14. The molecule has 1 aromatic heterocycles. The molecular weight excluding hydrogens is 346 g/mol. The lowest BCUT2D eigenvalue weighted by Crippen LogP contribution is -2.26. The van der Waals surface area contributed by atoms with E-state index in [0.717, 1.165) is 11.3 Å². The first kappa shape index (κ1) is 20.5. The number of aliphatic hydroxyl groups excluding tert-OH is 1. The van der Waals surface area contributed by atoms with Gasteiger partial charge in [0.05, 0.1) is 6.10 Å². The number of hydrogen-bond donors (Lipinski definition) is 3. The summed E-state index contributed by atoms with van der Waals surface area (Å²) < 4.78 is 5.62. The van der Waals surface area contributed by atoms with Crippen molar-refractivity contribution in [3.8, 4) is 5.75 Å². The highest BCUT2D eigenvalue weighted by atomic mass is 16.5. The van der Waals surface area contributed by atoms with Crippen LogP contribution in [-0.2, 0) is 16.0 Å². The minimum atomic E-state index is -0.699. The molecule has 144 valence electrons. The number of aromatic nitrogens is 1. The van der Waals surface area contributed by atoms with Crippen LogP contribution in [0.15, 0.2) is 42.6 Å². The SMILES string of the molecule is CC(=O)Cc1ccc(OCCNCC(O)c2ccc(NC(C)=O)nc2)cc1. The van der Waals surface area contributed by atoms with E-state index >= 15 is 0 Å². The third-order valence-corrected chi connectivity index (χ3v) is 3.74. The molecular formula is C20H25N3O4. The van der Waals surface area contributed by atoms with E-state index in [1.54, 1.807) is 19.1 Å². The van der Waals surface area contributed by atoms with Crippen molar-refractivity contribution in [2.45, 2.75) is 26.4 Å². The van der Waals surface area contributed by atoms with E-state index in [0.29, 0.717) is 37.5 Å². The molecule has 0 radical (unpaired) electrons. The standard InChI is InChI=1S/C20H25N3O4/c1-14(24)11-16-3-6-18(7-4-16)27-10-9-21-13-19(26)17-5-8-20(22-12-17)23-15(2)25/h3-8,12,19,21,26H,9-11,13H2,1-2H3,(H,22,23,25). The molecule has 0 aliphatic heterocycles. The van der Waals surface area contributed by atoms with E-state index in [4.69, 9.17) is 4.74 Å². The third kappa shape index (κ3) is 7.55. The maximum absolute atomic E-state index is 11.1. The number of aliphatic hydroxyl groups is 1. The van der Waals surface area contributed by atoms with Crippen LogP contribution in [0.2, 0.25) is 0 Å². The second-order valence-corrected chi connectivity index (χ2v) is 6.25. The molecule has 0 saturated heterocycles. The summed E-state index contributed by atoms with van der Waals surface area (Å²) in [7, 11) is 0. The normalized spacial score (nSPS) is 11.7. The van der Waals surface area contributed by atoms with E-state index in [9.17, 15) is 14.7 Å². The lowest BCUT2D eigenvalue weighted by atomic mass is 10.1. The van der Waals surface area contributed by atoms with Gasteiger partial charge in [-0.25, -0.2) is 4.98 Å². The summed E-state index contributed by atoms with van der Waals surface area (Å²) in [5.41, 5.74) is 1.63. The number of ether oxygens (including phenoxy) is 1. The average Bonchev–Trinajstić information content (AvgIpc) is 2.62. The molecule has 0 fully saturated rings. The quantitative estimate of drug-likeness (QED) is 0.551. The maximum atomic E-state index is 11.1. The molecule has 1 amide bonds. The van der Waals surface area contributed by atoms with Crippen LogP contribution in [0.1, 0.15) is 31.1 Å². The fourth-order valence-electron chi connectivity index (χ4n) is 2.45. The van der Waals surface area contributed by atoms with Crippen molar-refractivity contribution in [3.63, 3.8) is 0 Å². The fraction of sp³-hybridized carbons (Fsp3) is 0.350. The van der Waals surface area contributed by atoms with Gasteiger partial charge in [0.1, 0.15) is 24.0 Å². The van der Waals surface area contributed by atoms with Crippen LogP contribution < -0.4 is 15.4 Å². The lowest BCUT2D eigenvalue weighted by molar-refractivity contribution is -0.116. The zero-order valence-corrected chi connectivity index (χ0v) is 15.6. The smallest absolute Gasteiger partial charge is 0.222 e. The van der Waals surface area contributed by atoms with E-state index in [-0.39, 0.29) is 11.7 Å². The number of rotatable bonds is 10. The molecule has 7 nitrogen and oxygen atoms in total. The minimum Gasteiger partial charge on any atom is -0.492 e. The Morgan fingerprint density at radius 2 is 1.89 bits per heavy atom. The maximum Gasteiger partial charge on any atom is 0.222 e. The van der Waals surface area contributed by atoms with Gasteiger partial charge in [0.2, 0.25) is 5.91 Å². The molecule has 0 bridgehead atoms. The minimum absolute atomic E-state index is 0.131. The number of anilines is 1. The summed E-state index contributed by atoms with van der Waals surface area (Å²) in [4.78, 5) is 26.1. The molecule has 1 unspecified atom stereocenters. The van der Waals surface area contributed by atoms with E-state index in [1.165, 1.54) is 13.1 Å². The average molecular weight is 371 g/mol. The Labute approximate surface area is 158 Å². The molecule has 3 N–H and O–H groups in total. The molecule has 0 aliphatic rings. The van der Waals surface area contributed by atoms with Crippen LogP contribution in [0.3, 0.4) is 0 Å². The largest absolute Gasteiger partial charge is 0.492 e. The molecule has 27 heavy (non-hydrogen) atoms. The molecule has 0 aliphatic carbocycles. The first-order chi connectivity index (χ1) is 12.9. The van der Waals surface area contributed by atoms with Gasteiger partial charge in [0.15, 0.2) is 0 Å². The van der Waals surface area contributed by atoms with Gasteiger partial charge >= 0.3 is 0 Å². The van der Waals surface area contributed by atoms with Gasteiger partial charge < -0.3 is 20.5 Å². The van der Waals surface area contributed by atoms with Gasteiger partial charge in [-0.3, -0.25) is 9.59 Å². The zero-order chi connectivity index (χ0) is 19.6. The topological polar surface area (TPSA) is 101 Å². The number of amides is 1. The van der Waals surface area contributed by atoms with Gasteiger partial charge in [-0.1, -0.05) is 18.2 Å². The molecule has 0 spiro atoms. The van der Waals surface area contributed by atoms with Crippen LogP contribution >= 0.6 is 0 Å². The molecule has 1 atom stereocenters. The second-order valence-electron chi connectivity index (χ2n) is 6.25. The number of nitrogens with one attached hydrogen (secondary N) is 2. The van der Waals surface area contributed by atoms with Crippen LogP contribution in [0, 0.1) is 0 Å². The zero-order valence-electron chi connectivity index (χ0n) is 15.6. The predicted molar refractivity (Wildman–Crippen MR) is 103 cm³/mol. The third-order valence-electron chi connectivity index (χ3n) is 3.74. The molecule has 1 aromatic carbocycles. The molecule has 1 heterocycles. The highest BCUT2D eigenvalue weighted by Gasteiger charge is 2.08. The number of hydrogen-bond acceptors (Lipinski definition) is 6. The first-order valence-electron chi connectivity index (χ1n) is 8.77. The number of pyridine rings is 1. The van der Waals surface area contributed by atoms with Crippen LogP contribution in [0.25, 0.3) is 0 Å². The Balaban J connectivity index is 1.67. The molecule has 2 rings (SSSR count). The van der Waals surface area contributed by atoms with Gasteiger partial charge in [0, 0.05) is 38.2 Å². The fourth-order valence-corrected chi connectivity index (χ4v) is 2.45. The van der Waals surface area contributed by atoms with Crippen molar-refractivity contribution >= 4 is 17.5 Å². The second kappa shape index (κ2) is 10.4. The number of carbonyl (C=O) groups is 2. The number of ketones is 1. The van der Waals surface area contributed by atoms with Crippen molar-refractivity contribution in [3.05, 3.63) is 53.7 Å². The number of benzene rings is 1. The number of Topliss-reactive ketones (excluding diaryl/α,β-unsaturated/α-hetero) is 1. The Morgan fingerprint density at radius 1 is 1.15 bits per heavy atom. The summed E-state index contributed by atoms with van der Waals surface area (Å²) in [6, 6.07) is 10.8. The van der Waals surface area contributed by atoms with Crippen molar-refractivity contribution < 1.29 is 19.4 Å². The summed E-state index contributed by atoms with van der Waals surface area (Å²) in [5, 5.41) is 15.9. The summed E-state index contributed by atoms with van der Waals surface area (Å²) in [5.74, 6) is 1.13. The van der Waals surface area contributed by atoms with Crippen LogP contribution in [0.5, 0.6) is 5.75 Å². The Bertz CT molecular complexity index is 745. The Morgan fingerprint density at radius 3 is 2.48 bits per heavy atom. The predicted octanol–water partition coefficient (Wildman–Crippen LogP) is 1.87. The van der Waals surface area contributed by atoms with Crippen molar-refractivity contribution in [2.75, 3.05) is 25.0 Å². The Hall–Kier alpha value is -2.77. The Kier molecular flexibility index (Phi) is 7.91. The summed E-state index contributed by atoms with van der Waals surface area (Å²) in [6.45, 7) is 4.37. The van der Waals surface area contributed by atoms with Gasteiger partial charge in [-0.2, -0.15) is 0 Å². The molecule has 2 aromatic rings. The van der Waals surface area contributed by atoms with Gasteiger partial charge in [-0.05, 0) is 30.7 Å². The van der Waals surface area contributed by atoms with Gasteiger partial charge in [-0.15, -0.1) is 0 Å². The summed E-state index contributed by atoms with van der Waals surface area (Å²) >= 11 is 0. The van der Waals surface area contributed by atoms with Crippen molar-refractivity contribution in [1.82, 2.24) is 10.3 Å². The summed E-state index contributed by atoms with van der Waals surface area (Å²) in [6.07, 6.45) is 1.27. The van der Waals surface area contributed by atoms with E-state index in [2.05, 4.69) is 15.6 Å². The van der Waals surface area contributed by atoms with E-state index in [1.807, 2.05) is 24.3 Å². The monoisotopic (exact) mass is 371 g/mol. The van der Waals surface area contributed by atoms with Crippen molar-refractivity contribution in [1.29, 1.82) is 0 Å². The number of carbonyl (C=O) groups excluding carboxylic acids is 2. The molecule has 7 heteroatoms. The van der Waals surface area contributed by atoms with E-state index < -0.39 is 6.10 Å². The molecule has 0 saturated carbocycles. The highest BCUT2D eigenvalue weighted by molar-refractivity contribution is 5.87. The van der Waals surface area contributed by atoms with Gasteiger partial charge in [0.25, 0.3) is 0 Å². The van der Waals surface area contributed by atoms with Crippen LogP contribution in [0.4, 0.5) is 5.82 Å². The lowest BCUT2D eigenvalue weighted by Gasteiger charge is -2.13. The van der Waals surface area contributed by atoms with Crippen LogP contribution in [-0.4, -0.2) is 41.5 Å². The first-order valence-corrected chi connectivity index (χ1v) is 8.77. The number of nitrogens with zero attached hydrogens (tertiary/aromatic N) is 1. The van der Waals surface area contributed by atoms with Crippen molar-refractivity contribution in [2.24, 2.45) is 0 Å².